The Labute approximate surface area is 153 Å². The second kappa shape index (κ2) is 7.96. The SMILES string of the molecule is Cc1cc(NC(=O)[C@H](C)Sc2n[nH]c(/C=C/c3ccc(F)cc3)n2)no1. The molecule has 0 fully saturated rings. The summed E-state index contributed by atoms with van der Waals surface area (Å²) >= 11 is 1.21. The van der Waals surface area contributed by atoms with Crippen LogP contribution in [-0.2, 0) is 4.79 Å². The van der Waals surface area contributed by atoms with Crippen molar-refractivity contribution in [2.75, 3.05) is 5.32 Å². The lowest BCUT2D eigenvalue weighted by atomic mass is 10.2. The third kappa shape index (κ3) is 4.79. The number of amides is 1. The Kier molecular flexibility index (Phi) is 5.47. The Hall–Kier alpha value is -2.94. The average molecular weight is 373 g/mol. The third-order valence-corrected chi connectivity index (χ3v) is 4.28. The number of thioether (sulfide) groups is 1. The molecular formula is C17H16FN5O2S. The average Bonchev–Trinajstić information content (AvgIpc) is 3.23. The molecule has 0 unspecified atom stereocenters. The summed E-state index contributed by atoms with van der Waals surface area (Å²) in [4.78, 5) is 16.4. The molecule has 3 aromatic rings. The quantitative estimate of drug-likeness (QED) is 0.642. The van der Waals surface area contributed by atoms with E-state index in [4.69, 9.17) is 4.52 Å². The van der Waals surface area contributed by atoms with Crippen LogP contribution in [-0.4, -0.2) is 31.5 Å². The summed E-state index contributed by atoms with van der Waals surface area (Å²) in [5.74, 6) is 1.02. The fraction of sp³-hybridized carbons (Fsp3) is 0.176. The largest absolute Gasteiger partial charge is 0.360 e. The van der Waals surface area contributed by atoms with Gasteiger partial charge in [0.1, 0.15) is 17.4 Å². The van der Waals surface area contributed by atoms with Crippen molar-refractivity contribution < 1.29 is 13.7 Å². The Morgan fingerprint density at radius 3 is 2.81 bits per heavy atom. The van der Waals surface area contributed by atoms with Gasteiger partial charge in [0.25, 0.3) is 0 Å². The highest BCUT2D eigenvalue weighted by Gasteiger charge is 2.18. The standard InChI is InChI=1S/C17H16FN5O2S/c1-10-9-15(23-25-10)19-16(24)11(2)26-17-20-14(21-22-17)8-5-12-3-6-13(18)7-4-12/h3-9,11H,1-2H3,(H,19,23,24)(H,20,21,22)/b8-5+/t11-/m0/s1. The first-order valence-electron chi connectivity index (χ1n) is 7.76. The number of aromatic nitrogens is 4. The molecule has 0 spiro atoms. The van der Waals surface area contributed by atoms with Crippen molar-refractivity contribution in [1.29, 1.82) is 0 Å². The lowest BCUT2D eigenvalue weighted by Gasteiger charge is -2.07. The first-order chi connectivity index (χ1) is 12.5. The molecule has 0 saturated carbocycles. The van der Waals surface area contributed by atoms with Gasteiger partial charge in [0.05, 0.1) is 5.25 Å². The zero-order valence-corrected chi connectivity index (χ0v) is 14.9. The monoisotopic (exact) mass is 373 g/mol. The molecule has 0 aliphatic rings. The molecule has 0 bridgehead atoms. The molecule has 0 radical (unpaired) electrons. The highest BCUT2D eigenvalue weighted by molar-refractivity contribution is 8.00. The number of halogens is 1. The van der Waals surface area contributed by atoms with E-state index >= 15 is 0 Å². The molecule has 0 aliphatic carbocycles. The number of carbonyl (C=O) groups is 1. The van der Waals surface area contributed by atoms with E-state index in [0.29, 0.717) is 22.6 Å². The van der Waals surface area contributed by atoms with Crippen molar-refractivity contribution in [3.63, 3.8) is 0 Å². The van der Waals surface area contributed by atoms with Crippen molar-refractivity contribution in [3.8, 4) is 0 Å². The van der Waals surface area contributed by atoms with Gasteiger partial charge in [-0.15, -0.1) is 5.10 Å². The topological polar surface area (TPSA) is 96.7 Å². The van der Waals surface area contributed by atoms with Crippen molar-refractivity contribution in [2.24, 2.45) is 0 Å². The smallest absolute Gasteiger partial charge is 0.238 e. The predicted molar refractivity (Wildman–Crippen MR) is 96.9 cm³/mol. The second-order valence-corrected chi connectivity index (χ2v) is 6.77. The number of benzene rings is 1. The molecule has 2 N–H and O–H groups in total. The summed E-state index contributed by atoms with van der Waals surface area (Å²) in [6, 6.07) is 7.74. The minimum absolute atomic E-state index is 0.225. The molecule has 1 atom stereocenters. The van der Waals surface area contributed by atoms with E-state index in [2.05, 4.69) is 25.7 Å². The number of nitrogens with one attached hydrogen (secondary N) is 2. The number of aromatic amines is 1. The fourth-order valence-electron chi connectivity index (χ4n) is 2.00. The van der Waals surface area contributed by atoms with Gasteiger partial charge in [-0.2, -0.15) is 0 Å². The number of nitrogens with zero attached hydrogens (tertiary/aromatic N) is 3. The first-order valence-corrected chi connectivity index (χ1v) is 8.64. The lowest BCUT2D eigenvalue weighted by molar-refractivity contribution is -0.115. The van der Waals surface area contributed by atoms with Gasteiger partial charge in [-0.05, 0) is 37.6 Å². The van der Waals surface area contributed by atoms with Crippen LogP contribution < -0.4 is 5.32 Å². The minimum Gasteiger partial charge on any atom is -0.360 e. The van der Waals surface area contributed by atoms with E-state index in [-0.39, 0.29) is 11.7 Å². The van der Waals surface area contributed by atoms with Crippen LogP contribution in [0.1, 0.15) is 24.1 Å². The molecule has 1 aromatic carbocycles. The number of hydrogen-bond acceptors (Lipinski definition) is 6. The number of rotatable bonds is 6. The number of hydrogen-bond donors (Lipinski definition) is 2. The fourth-order valence-corrected chi connectivity index (χ4v) is 2.73. The summed E-state index contributed by atoms with van der Waals surface area (Å²) in [6.45, 7) is 3.49. The van der Waals surface area contributed by atoms with Crippen LogP contribution >= 0.6 is 11.8 Å². The normalized spacial score (nSPS) is 12.4. The first kappa shape index (κ1) is 17.9. The molecule has 134 valence electrons. The van der Waals surface area contributed by atoms with Crippen LogP contribution in [0, 0.1) is 12.7 Å². The van der Waals surface area contributed by atoms with Gasteiger partial charge >= 0.3 is 0 Å². The number of H-pyrrole nitrogens is 1. The van der Waals surface area contributed by atoms with E-state index < -0.39 is 5.25 Å². The maximum atomic E-state index is 12.9. The van der Waals surface area contributed by atoms with Gasteiger partial charge in [0.2, 0.25) is 11.1 Å². The van der Waals surface area contributed by atoms with E-state index in [9.17, 15) is 9.18 Å². The predicted octanol–water partition coefficient (Wildman–Crippen LogP) is 3.53. The van der Waals surface area contributed by atoms with Crippen molar-refractivity contribution in [1.82, 2.24) is 20.3 Å². The molecule has 2 heterocycles. The minimum atomic E-state index is -0.420. The summed E-state index contributed by atoms with van der Waals surface area (Å²) in [5, 5.41) is 13.3. The summed E-state index contributed by atoms with van der Waals surface area (Å²) in [7, 11) is 0. The van der Waals surface area contributed by atoms with E-state index in [1.165, 1.54) is 23.9 Å². The maximum absolute atomic E-state index is 12.9. The highest BCUT2D eigenvalue weighted by Crippen LogP contribution is 2.21. The van der Waals surface area contributed by atoms with Crippen LogP contribution in [0.3, 0.4) is 0 Å². The van der Waals surface area contributed by atoms with Crippen molar-refractivity contribution in [3.05, 3.63) is 53.3 Å². The molecule has 9 heteroatoms. The summed E-state index contributed by atoms with van der Waals surface area (Å²) in [6.07, 6.45) is 3.52. The Morgan fingerprint density at radius 2 is 2.12 bits per heavy atom. The molecular weight excluding hydrogens is 357 g/mol. The zero-order valence-electron chi connectivity index (χ0n) is 14.1. The van der Waals surface area contributed by atoms with E-state index in [0.717, 1.165) is 5.56 Å². The molecule has 0 aliphatic heterocycles. The van der Waals surface area contributed by atoms with E-state index in [1.54, 1.807) is 44.2 Å². The Morgan fingerprint density at radius 1 is 1.35 bits per heavy atom. The van der Waals surface area contributed by atoms with Crippen LogP contribution in [0.4, 0.5) is 10.2 Å². The number of aryl methyl sites for hydroxylation is 1. The third-order valence-electron chi connectivity index (χ3n) is 3.32. The van der Waals surface area contributed by atoms with Gasteiger partial charge in [0, 0.05) is 6.07 Å². The van der Waals surface area contributed by atoms with Crippen LogP contribution in [0.15, 0.2) is 40.0 Å². The molecule has 1 amide bonds. The maximum Gasteiger partial charge on any atom is 0.238 e. The Balaban J connectivity index is 1.57. The molecule has 0 saturated heterocycles. The Bertz CT molecular complexity index is 919. The van der Waals surface area contributed by atoms with E-state index in [1.807, 2.05) is 0 Å². The van der Waals surface area contributed by atoms with Gasteiger partial charge in [-0.3, -0.25) is 9.89 Å². The molecule has 7 nitrogen and oxygen atoms in total. The lowest BCUT2D eigenvalue weighted by Crippen LogP contribution is -2.22. The highest BCUT2D eigenvalue weighted by atomic mass is 32.2. The molecule has 2 aromatic heterocycles. The van der Waals surface area contributed by atoms with Crippen LogP contribution in [0.25, 0.3) is 12.2 Å². The molecule has 3 rings (SSSR count). The van der Waals surface area contributed by atoms with Crippen LogP contribution in [0.5, 0.6) is 0 Å². The van der Waals surface area contributed by atoms with Gasteiger partial charge in [-0.1, -0.05) is 35.1 Å². The molecule has 26 heavy (non-hydrogen) atoms. The van der Waals surface area contributed by atoms with Crippen LogP contribution in [0.2, 0.25) is 0 Å². The summed E-state index contributed by atoms with van der Waals surface area (Å²) in [5.41, 5.74) is 0.840. The van der Waals surface area contributed by atoms with Crippen molar-refractivity contribution >= 4 is 35.6 Å². The number of carbonyl (C=O) groups excluding carboxylic acids is 1. The van der Waals surface area contributed by atoms with Gasteiger partial charge in [-0.25, -0.2) is 9.37 Å². The van der Waals surface area contributed by atoms with Gasteiger partial charge in [0.15, 0.2) is 5.82 Å². The van der Waals surface area contributed by atoms with Crippen molar-refractivity contribution in [2.45, 2.75) is 24.3 Å². The van der Waals surface area contributed by atoms with Gasteiger partial charge < -0.3 is 9.84 Å². The summed E-state index contributed by atoms with van der Waals surface area (Å²) < 4.78 is 17.8. The zero-order chi connectivity index (χ0) is 18.5. The number of anilines is 1. The second-order valence-electron chi connectivity index (χ2n) is 5.46.